The lowest BCUT2D eigenvalue weighted by Gasteiger charge is -2.06. The second-order valence-corrected chi connectivity index (χ2v) is 6.75. The van der Waals surface area contributed by atoms with Crippen molar-refractivity contribution in [2.45, 2.75) is 6.54 Å². The van der Waals surface area contributed by atoms with Gasteiger partial charge in [-0.25, -0.2) is 5.43 Å². The molecule has 0 spiro atoms. The van der Waals surface area contributed by atoms with Gasteiger partial charge in [0.2, 0.25) is 0 Å². The molecule has 0 atom stereocenters. The van der Waals surface area contributed by atoms with Crippen molar-refractivity contribution in [1.82, 2.24) is 20.2 Å². The normalized spacial score (nSPS) is 10.9. The van der Waals surface area contributed by atoms with Gasteiger partial charge in [0.25, 0.3) is 5.91 Å². The molecule has 154 valence electrons. The lowest BCUT2D eigenvalue weighted by molar-refractivity contribution is 0.0955. The maximum absolute atomic E-state index is 12.2. The molecule has 0 unspecified atom stereocenters. The molecule has 0 aliphatic carbocycles. The van der Waals surface area contributed by atoms with Crippen LogP contribution in [0.5, 0.6) is 5.75 Å². The standard InChI is InChI=1S/C24H21N5O2/c1-31-22-10-6-5-9-21(22)23-20(15-26-27-24(30)19-11-13-25-14-12-19)17-29(28-23)16-18-7-3-2-4-8-18/h2-15,17H,16H2,1H3,(H,27,30)/b26-15-. The molecule has 7 heteroatoms. The summed E-state index contributed by atoms with van der Waals surface area (Å²) < 4.78 is 7.36. The summed E-state index contributed by atoms with van der Waals surface area (Å²) in [6.45, 7) is 0.611. The first kappa shape index (κ1) is 20.0. The molecule has 1 amide bonds. The fraction of sp³-hybridized carbons (Fsp3) is 0.0833. The van der Waals surface area contributed by atoms with E-state index in [9.17, 15) is 4.79 Å². The van der Waals surface area contributed by atoms with E-state index in [0.29, 0.717) is 17.9 Å². The predicted octanol–water partition coefficient (Wildman–Crippen LogP) is 3.77. The summed E-state index contributed by atoms with van der Waals surface area (Å²) in [5.41, 5.74) is 6.49. The van der Waals surface area contributed by atoms with Gasteiger partial charge in [-0.05, 0) is 29.8 Å². The maximum atomic E-state index is 12.2. The number of hydrazone groups is 1. The first-order valence-electron chi connectivity index (χ1n) is 9.73. The number of carbonyl (C=O) groups excluding carboxylic acids is 1. The van der Waals surface area contributed by atoms with Crippen molar-refractivity contribution in [3.05, 3.63) is 102 Å². The molecule has 4 rings (SSSR count). The van der Waals surface area contributed by atoms with E-state index >= 15 is 0 Å². The minimum absolute atomic E-state index is 0.311. The highest BCUT2D eigenvalue weighted by molar-refractivity contribution is 5.95. The Bertz CT molecular complexity index is 1190. The van der Waals surface area contributed by atoms with Crippen molar-refractivity contribution in [1.29, 1.82) is 0 Å². The first-order chi connectivity index (χ1) is 15.2. The summed E-state index contributed by atoms with van der Waals surface area (Å²) in [5.74, 6) is 0.400. The SMILES string of the molecule is COc1ccccc1-c1nn(Cc2ccccc2)cc1/C=N\NC(=O)c1ccncc1. The zero-order valence-electron chi connectivity index (χ0n) is 17.0. The van der Waals surface area contributed by atoms with Crippen molar-refractivity contribution in [3.8, 4) is 17.0 Å². The van der Waals surface area contributed by atoms with Crippen LogP contribution in [0.25, 0.3) is 11.3 Å². The van der Waals surface area contributed by atoms with Crippen LogP contribution < -0.4 is 10.2 Å². The first-order valence-corrected chi connectivity index (χ1v) is 9.73. The fourth-order valence-electron chi connectivity index (χ4n) is 3.16. The highest BCUT2D eigenvalue weighted by Gasteiger charge is 2.14. The van der Waals surface area contributed by atoms with Crippen LogP contribution in [0.3, 0.4) is 0 Å². The van der Waals surface area contributed by atoms with Crippen molar-refractivity contribution in [2.75, 3.05) is 7.11 Å². The van der Waals surface area contributed by atoms with E-state index in [0.717, 1.165) is 22.4 Å². The third kappa shape index (κ3) is 4.84. The van der Waals surface area contributed by atoms with Crippen LogP contribution in [0.1, 0.15) is 21.5 Å². The Morgan fingerprint density at radius 1 is 1.06 bits per heavy atom. The molecule has 2 aromatic carbocycles. The van der Waals surface area contributed by atoms with Gasteiger partial charge < -0.3 is 4.74 Å². The van der Waals surface area contributed by atoms with Gasteiger partial charge in [0.05, 0.1) is 19.9 Å². The minimum Gasteiger partial charge on any atom is -0.496 e. The van der Waals surface area contributed by atoms with E-state index < -0.39 is 0 Å². The molecule has 0 radical (unpaired) electrons. The number of ether oxygens (including phenoxy) is 1. The molecule has 0 saturated heterocycles. The summed E-state index contributed by atoms with van der Waals surface area (Å²) in [6, 6.07) is 21.0. The van der Waals surface area contributed by atoms with Crippen LogP contribution in [-0.2, 0) is 6.54 Å². The Hall–Kier alpha value is -4.26. The lowest BCUT2D eigenvalue weighted by atomic mass is 10.1. The Morgan fingerprint density at radius 2 is 1.81 bits per heavy atom. The number of methoxy groups -OCH3 is 1. The quantitative estimate of drug-likeness (QED) is 0.371. The van der Waals surface area contributed by atoms with Gasteiger partial charge in [-0.2, -0.15) is 10.2 Å². The summed E-state index contributed by atoms with van der Waals surface area (Å²) in [6.07, 6.45) is 6.62. The van der Waals surface area contributed by atoms with Gasteiger partial charge in [0.15, 0.2) is 0 Å². The summed E-state index contributed by atoms with van der Waals surface area (Å²) in [5, 5.41) is 8.91. The summed E-state index contributed by atoms with van der Waals surface area (Å²) in [4.78, 5) is 16.2. The number of nitrogens with zero attached hydrogens (tertiary/aromatic N) is 4. The average molecular weight is 411 g/mol. The topological polar surface area (TPSA) is 81.4 Å². The number of hydrogen-bond donors (Lipinski definition) is 1. The van der Waals surface area contributed by atoms with Crippen LogP contribution in [0, 0.1) is 0 Å². The number of rotatable bonds is 7. The smallest absolute Gasteiger partial charge is 0.271 e. The fourth-order valence-corrected chi connectivity index (χ4v) is 3.16. The Kier molecular flexibility index (Phi) is 6.13. The monoisotopic (exact) mass is 411 g/mol. The van der Waals surface area contributed by atoms with Gasteiger partial charge in [-0.3, -0.25) is 14.5 Å². The second kappa shape index (κ2) is 9.49. The summed E-state index contributed by atoms with van der Waals surface area (Å²) >= 11 is 0. The largest absolute Gasteiger partial charge is 0.496 e. The number of para-hydroxylation sites is 1. The third-order valence-corrected chi connectivity index (χ3v) is 4.65. The molecule has 2 aromatic heterocycles. The Labute approximate surface area is 180 Å². The second-order valence-electron chi connectivity index (χ2n) is 6.75. The molecular weight excluding hydrogens is 390 g/mol. The van der Waals surface area contributed by atoms with Gasteiger partial charge in [0.1, 0.15) is 11.4 Å². The number of amides is 1. The Morgan fingerprint density at radius 3 is 2.58 bits per heavy atom. The van der Waals surface area contributed by atoms with Gasteiger partial charge in [0, 0.05) is 35.3 Å². The van der Waals surface area contributed by atoms with Crippen molar-refractivity contribution in [3.63, 3.8) is 0 Å². The molecule has 0 fully saturated rings. The number of carbonyl (C=O) groups is 1. The molecular formula is C24H21N5O2. The zero-order chi connectivity index (χ0) is 21.5. The number of hydrogen-bond acceptors (Lipinski definition) is 5. The molecule has 31 heavy (non-hydrogen) atoms. The molecule has 2 heterocycles. The number of aromatic nitrogens is 3. The van der Waals surface area contributed by atoms with E-state index in [-0.39, 0.29) is 5.91 Å². The van der Waals surface area contributed by atoms with E-state index in [1.807, 2.05) is 65.5 Å². The van der Waals surface area contributed by atoms with E-state index in [4.69, 9.17) is 9.84 Å². The molecule has 0 aliphatic rings. The molecule has 0 bridgehead atoms. The van der Waals surface area contributed by atoms with Crippen LogP contribution in [0.4, 0.5) is 0 Å². The summed E-state index contributed by atoms with van der Waals surface area (Å²) in [7, 11) is 1.63. The van der Waals surface area contributed by atoms with Crippen molar-refractivity contribution in [2.24, 2.45) is 5.10 Å². The lowest BCUT2D eigenvalue weighted by Crippen LogP contribution is -2.17. The van der Waals surface area contributed by atoms with Gasteiger partial charge in [-0.1, -0.05) is 42.5 Å². The van der Waals surface area contributed by atoms with Crippen LogP contribution in [0.2, 0.25) is 0 Å². The number of pyridine rings is 1. The van der Waals surface area contributed by atoms with Crippen LogP contribution in [0.15, 0.2) is 90.4 Å². The zero-order valence-corrected chi connectivity index (χ0v) is 17.0. The van der Waals surface area contributed by atoms with E-state index in [2.05, 4.69) is 15.5 Å². The van der Waals surface area contributed by atoms with Crippen molar-refractivity contribution >= 4 is 12.1 Å². The molecule has 1 N–H and O–H groups in total. The highest BCUT2D eigenvalue weighted by Crippen LogP contribution is 2.30. The van der Waals surface area contributed by atoms with Gasteiger partial charge >= 0.3 is 0 Å². The Balaban J connectivity index is 1.63. The van der Waals surface area contributed by atoms with E-state index in [1.165, 1.54) is 0 Å². The third-order valence-electron chi connectivity index (χ3n) is 4.65. The average Bonchev–Trinajstić information content (AvgIpc) is 3.22. The highest BCUT2D eigenvalue weighted by atomic mass is 16.5. The minimum atomic E-state index is -0.311. The van der Waals surface area contributed by atoms with Crippen LogP contribution >= 0.6 is 0 Å². The molecule has 7 nitrogen and oxygen atoms in total. The number of nitrogens with one attached hydrogen (secondary N) is 1. The maximum Gasteiger partial charge on any atom is 0.271 e. The predicted molar refractivity (Wildman–Crippen MR) is 119 cm³/mol. The van der Waals surface area contributed by atoms with Gasteiger partial charge in [-0.15, -0.1) is 0 Å². The van der Waals surface area contributed by atoms with Crippen molar-refractivity contribution < 1.29 is 9.53 Å². The number of benzene rings is 2. The molecule has 0 saturated carbocycles. The molecule has 4 aromatic rings. The van der Waals surface area contributed by atoms with E-state index in [1.54, 1.807) is 37.9 Å². The molecule has 0 aliphatic heterocycles. The van der Waals surface area contributed by atoms with Crippen LogP contribution in [-0.4, -0.2) is 34.0 Å².